The number of hydrogen-bond donors (Lipinski definition) is 2. The molecule has 20 heavy (non-hydrogen) atoms. The van der Waals surface area contributed by atoms with Gasteiger partial charge in [-0.1, -0.05) is 13.8 Å². The van der Waals surface area contributed by atoms with E-state index in [1.54, 1.807) is 18.6 Å². The zero-order chi connectivity index (χ0) is 14.6. The number of carbonyl (C=O) groups excluding carboxylic acids is 1. The van der Waals surface area contributed by atoms with Gasteiger partial charge in [-0.05, 0) is 30.4 Å². The van der Waals surface area contributed by atoms with E-state index in [4.69, 9.17) is 5.11 Å². The number of aliphatic hydroxyl groups excluding tert-OH is 1. The number of nitrogens with zero attached hydrogens (tertiary/aromatic N) is 2. The van der Waals surface area contributed by atoms with Gasteiger partial charge in [0.25, 0.3) is 5.91 Å². The maximum absolute atomic E-state index is 12.0. The lowest BCUT2D eigenvalue weighted by Crippen LogP contribution is -2.26. The molecule has 0 fully saturated rings. The van der Waals surface area contributed by atoms with Crippen LogP contribution in [0.25, 0.3) is 5.52 Å². The Kier molecular flexibility index (Phi) is 4.39. The van der Waals surface area contributed by atoms with Crippen LogP contribution in [0, 0.1) is 5.41 Å². The Morgan fingerprint density at radius 3 is 3.05 bits per heavy atom. The number of aromatic nitrogens is 2. The van der Waals surface area contributed by atoms with Gasteiger partial charge < -0.3 is 14.8 Å². The van der Waals surface area contributed by atoms with Gasteiger partial charge in [-0.2, -0.15) is 0 Å². The van der Waals surface area contributed by atoms with E-state index >= 15 is 0 Å². The summed E-state index contributed by atoms with van der Waals surface area (Å²) >= 11 is 0. The molecule has 2 heterocycles. The average Bonchev–Trinajstić information content (AvgIpc) is 2.90. The molecule has 0 unspecified atom stereocenters. The van der Waals surface area contributed by atoms with E-state index in [2.05, 4.69) is 10.3 Å². The molecular formula is C15H21N3O2. The molecule has 1 amide bonds. The first-order valence-electron chi connectivity index (χ1n) is 6.83. The molecule has 0 aromatic carbocycles. The first kappa shape index (κ1) is 14.5. The molecule has 2 rings (SSSR count). The predicted molar refractivity (Wildman–Crippen MR) is 77.6 cm³/mol. The third-order valence-corrected chi connectivity index (χ3v) is 3.42. The van der Waals surface area contributed by atoms with Gasteiger partial charge in [-0.25, -0.2) is 4.98 Å². The van der Waals surface area contributed by atoms with Crippen LogP contribution in [0.15, 0.2) is 30.9 Å². The monoisotopic (exact) mass is 275 g/mol. The van der Waals surface area contributed by atoms with Gasteiger partial charge in [0.15, 0.2) is 0 Å². The number of carbonyl (C=O) groups is 1. The summed E-state index contributed by atoms with van der Waals surface area (Å²) in [4.78, 5) is 16.0. The molecule has 0 saturated carbocycles. The zero-order valence-electron chi connectivity index (χ0n) is 12.0. The van der Waals surface area contributed by atoms with Crippen molar-refractivity contribution in [2.24, 2.45) is 5.41 Å². The highest BCUT2D eigenvalue weighted by Crippen LogP contribution is 2.20. The zero-order valence-corrected chi connectivity index (χ0v) is 12.0. The van der Waals surface area contributed by atoms with E-state index in [9.17, 15) is 4.79 Å². The van der Waals surface area contributed by atoms with Gasteiger partial charge in [0, 0.05) is 24.9 Å². The molecule has 2 N–H and O–H groups in total. The quantitative estimate of drug-likeness (QED) is 0.791. The normalized spacial score (nSPS) is 11.8. The molecular weight excluding hydrogens is 254 g/mol. The Labute approximate surface area is 118 Å². The van der Waals surface area contributed by atoms with Gasteiger partial charge in [-0.15, -0.1) is 0 Å². The highest BCUT2D eigenvalue weighted by molar-refractivity contribution is 5.95. The number of hydrogen-bond acceptors (Lipinski definition) is 3. The Morgan fingerprint density at radius 1 is 1.50 bits per heavy atom. The summed E-state index contributed by atoms with van der Waals surface area (Å²) in [6, 6.07) is 3.60. The summed E-state index contributed by atoms with van der Waals surface area (Å²) < 4.78 is 1.86. The fraction of sp³-hybridized carbons (Fsp3) is 0.467. The Morgan fingerprint density at radius 2 is 2.30 bits per heavy atom. The molecule has 2 aromatic heterocycles. The highest BCUT2D eigenvalue weighted by atomic mass is 16.3. The van der Waals surface area contributed by atoms with E-state index in [-0.39, 0.29) is 17.9 Å². The SMILES string of the molecule is CC(C)(CO)CCCNC(=O)c1ccn2cncc2c1. The summed E-state index contributed by atoms with van der Waals surface area (Å²) in [6.07, 6.45) is 6.99. The van der Waals surface area contributed by atoms with Crippen LogP contribution in [-0.4, -0.2) is 33.6 Å². The maximum Gasteiger partial charge on any atom is 0.251 e. The molecule has 2 aromatic rings. The minimum absolute atomic E-state index is 0.0736. The number of rotatable bonds is 6. The third-order valence-electron chi connectivity index (χ3n) is 3.42. The van der Waals surface area contributed by atoms with E-state index in [0.717, 1.165) is 18.4 Å². The summed E-state index contributed by atoms with van der Waals surface area (Å²) in [6.45, 7) is 4.82. The average molecular weight is 275 g/mol. The Bertz CT molecular complexity index is 590. The van der Waals surface area contributed by atoms with Gasteiger partial charge in [0.2, 0.25) is 0 Å². The molecule has 0 atom stereocenters. The van der Waals surface area contributed by atoms with Crippen LogP contribution >= 0.6 is 0 Å². The number of imidazole rings is 1. The number of fused-ring (bicyclic) bond motifs is 1. The molecule has 0 aliphatic rings. The van der Waals surface area contributed by atoms with Crippen LogP contribution in [0.1, 0.15) is 37.0 Å². The second-order valence-electron chi connectivity index (χ2n) is 5.82. The number of pyridine rings is 1. The van der Waals surface area contributed by atoms with Crippen molar-refractivity contribution in [2.45, 2.75) is 26.7 Å². The smallest absolute Gasteiger partial charge is 0.251 e. The highest BCUT2D eigenvalue weighted by Gasteiger charge is 2.15. The number of aliphatic hydroxyl groups is 1. The predicted octanol–water partition coefficient (Wildman–Crippen LogP) is 1.86. The van der Waals surface area contributed by atoms with Crippen molar-refractivity contribution in [3.63, 3.8) is 0 Å². The van der Waals surface area contributed by atoms with E-state index < -0.39 is 0 Å². The van der Waals surface area contributed by atoms with Crippen molar-refractivity contribution in [1.82, 2.24) is 14.7 Å². The molecule has 0 bridgehead atoms. The molecule has 0 aliphatic carbocycles. The van der Waals surface area contributed by atoms with Crippen LogP contribution in [-0.2, 0) is 0 Å². The minimum Gasteiger partial charge on any atom is -0.396 e. The standard InChI is InChI=1S/C15H21N3O2/c1-15(2,10-19)5-3-6-17-14(20)12-4-7-18-11-16-9-13(18)8-12/h4,7-9,11,19H,3,5-6,10H2,1-2H3,(H,17,20). The summed E-state index contributed by atoms with van der Waals surface area (Å²) in [7, 11) is 0. The van der Waals surface area contributed by atoms with Crippen molar-refractivity contribution in [2.75, 3.05) is 13.2 Å². The van der Waals surface area contributed by atoms with E-state index in [0.29, 0.717) is 12.1 Å². The first-order chi connectivity index (χ1) is 9.52. The lowest BCUT2D eigenvalue weighted by Gasteiger charge is -2.21. The summed E-state index contributed by atoms with van der Waals surface area (Å²) in [5.41, 5.74) is 1.46. The lowest BCUT2D eigenvalue weighted by molar-refractivity contribution is 0.0948. The van der Waals surface area contributed by atoms with Gasteiger partial charge in [-0.3, -0.25) is 4.79 Å². The third kappa shape index (κ3) is 3.57. The molecule has 108 valence electrons. The van der Waals surface area contributed by atoms with Crippen molar-refractivity contribution >= 4 is 11.4 Å². The second-order valence-corrected chi connectivity index (χ2v) is 5.82. The van der Waals surface area contributed by atoms with Crippen LogP contribution in [0.3, 0.4) is 0 Å². The van der Waals surface area contributed by atoms with Gasteiger partial charge >= 0.3 is 0 Å². The minimum atomic E-state index is -0.0821. The fourth-order valence-electron chi connectivity index (χ4n) is 2.01. The molecule has 0 saturated heterocycles. The van der Waals surface area contributed by atoms with Crippen LogP contribution in [0.4, 0.5) is 0 Å². The van der Waals surface area contributed by atoms with Crippen molar-refractivity contribution in [3.05, 3.63) is 36.4 Å². The van der Waals surface area contributed by atoms with Gasteiger partial charge in [0.1, 0.15) is 0 Å². The second kappa shape index (κ2) is 6.05. The van der Waals surface area contributed by atoms with Crippen molar-refractivity contribution < 1.29 is 9.90 Å². The van der Waals surface area contributed by atoms with Gasteiger partial charge in [0.05, 0.1) is 18.0 Å². The van der Waals surface area contributed by atoms with Crippen LogP contribution in [0.5, 0.6) is 0 Å². The summed E-state index contributed by atoms with van der Waals surface area (Å²) in [5, 5.41) is 12.1. The Balaban J connectivity index is 1.85. The van der Waals surface area contributed by atoms with Crippen molar-refractivity contribution in [1.29, 1.82) is 0 Å². The summed E-state index contributed by atoms with van der Waals surface area (Å²) in [5.74, 6) is -0.0736. The number of nitrogens with one attached hydrogen (secondary N) is 1. The van der Waals surface area contributed by atoms with E-state index in [1.165, 1.54) is 0 Å². The van der Waals surface area contributed by atoms with E-state index in [1.807, 2.05) is 30.5 Å². The first-order valence-corrected chi connectivity index (χ1v) is 6.83. The number of amides is 1. The molecule has 5 heteroatoms. The molecule has 5 nitrogen and oxygen atoms in total. The van der Waals surface area contributed by atoms with Crippen LogP contribution < -0.4 is 5.32 Å². The lowest BCUT2D eigenvalue weighted by atomic mass is 9.89. The molecule has 0 spiro atoms. The maximum atomic E-state index is 12.0. The Hall–Kier alpha value is -1.88. The fourth-order valence-corrected chi connectivity index (χ4v) is 2.01. The molecule has 0 aliphatic heterocycles. The van der Waals surface area contributed by atoms with Crippen LogP contribution in [0.2, 0.25) is 0 Å². The topological polar surface area (TPSA) is 66.6 Å². The molecule has 0 radical (unpaired) electrons. The largest absolute Gasteiger partial charge is 0.396 e. The van der Waals surface area contributed by atoms with Crippen molar-refractivity contribution in [3.8, 4) is 0 Å².